The maximum Gasteiger partial charge on any atom is 0.142 e. The van der Waals surface area contributed by atoms with E-state index in [2.05, 4.69) is 17.3 Å². The van der Waals surface area contributed by atoms with Crippen molar-refractivity contribution in [3.8, 4) is 11.5 Å². The van der Waals surface area contributed by atoms with Gasteiger partial charge >= 0.3 is 0 Å². The fraction of sp³-hybridized carbons (Fsp3) is 0.600. The van der Waals surface area contributed by atoms with Crippen LogP contribution in [0, 0.1) is 0 Å². The Morgan fingerprint density at radius 3 is 2.79 bits per heavy atom. The lowest BCUT2D eigenvalue weighted by Crippen LogP contribution is -2.28. The molecule has 1 aromatic carbocycles. The number of nitrogens with one attached hydrogen (secondary N) is 1. The van der Waals surface area contributed by atoms with Crippen LogP contribution in [0.4, 0.5) is 5.69 Å². The second-order valence-corrected chi connectivity index (χ2v) is 5.04. The Bertz CT molecular complexity index is 403. The van der Waals surface area contributed by atoms with E-state index in [1.807, 2.05) is 18.2 Å². The number of anilines is 1. The minimum Gasteiger partial charge on any atom is -0.497 e. The highest BCUT2D eigenvalue weighted by Gasteiger charge is 2.16. The third-order valence-electron chi connectivity index (χ3n) is 3.77. The van der Waals surface area contributed by atoms with Gasteiger partial charge in [-0.15, -0.1) is 0 Å². The molecule has 1 aliphatic heterocycles. The van der Waals surface area contributed by atoms with Crippen LogP contribution in [0.5, 0.6) is 11.5 Å². The van der Waals surface area contributed by atoms with Crippen LogP contribution in [0.15, 0.2) is 18.2 Å². The maximum atomic E-state index is 5.42. The number of ether oxygens (including phenoxy) is 2. The summed E-state index contributed by atoms with van der Waals surface area (Å²) in [5, 5.41) is 3.53. The normalized spacial score (nSPS) is 18.4. The Morgan fingerprint density at radius 1 is 1.32 bits per heavy atom. The van der Waals surface area contributed by atoms with Crippen LogP contribution in [0.1, 0.15) is 19.3 Å². The van der Waals surface area contributed by atoms with E-state index < -0.39 is 0 Å². The van der Waals surface area contributed by atoms with Crippen LogP contribution in [0.3, 0.4) is 0 Å². The van der Waals surface area contributed by atoms with Crippen LogP contribution in [0.25, 0.3) is 0 Å². The van der Waals surface area contributed by atoms with E-state index in [0.29, 0.717) is 6.04 Å². The number of nitrogens with zero attached hydrogens (tertiary/aromatic N) is 1. The molecule has 4 nitrogen and oxygen atoms in total. The van der Waals surface area contributed by atoms with Crippen molar-refractivity contribution in [2.24, 2.45) is 0 Å². The van der Waals surface area contributed by atoms with Crippen molar-refractivity contribution in [2.75, 3.05) is 39.3 Å². The monoisotopic (exact) mass is 264 g/mol. The average Bonchev–Trinajstić information content (AvgIpc) is 2.97. The van der Waals surface area contributed by atoms with E-state index in [0.717, 1.165) is 36.7 Å². The highest BCUT2D eigenvalue weighted by molar-refractivity contribution is 5.61. The Morgan fingerprint density at radius 2 is 2.16 bits per heavy atom. The molecule has 2 rings (SSSR count). The first-order valence-electron chi connectivity index (χ1n) is 6.91. The van der Waals surface area contributed by atoms with Crippen LogP contribution in [0.2, 0.25) is 0 Å². The first kappa shape index (κ1) is 14.0. The van der Waals surface area contributed by atoms with E-state index >= 15 is 0 Å². The number of hydrogen-bond donors (Lipinski definition) is 1. The van der Waals surface area contributed by atoms with Crippen LogP contribution < -0.4 is 19.7 Å². The lowest BCUT2D eigenvalue weighted by molar-refractivity contribution is 0.403. The number of hydrogen-bond acceptors (Lipinski definition) is 4. The predicted molar refractivity (Wildman–Crippen MR) is 78.5 cm³/mol. The number of rotatable bonds is 6. The van der Waals surface area contributed by atoms with Gasteiger partial charge in [-0.3, -0.25) is 0 Å². The SMILES string of the molecule is COc1ccc(OC)c(N(C)CCC2CCCN2)c1. The molecule has 1 aliphatic rings. The van der Waals surface area contributed by atoms with E-state index in [1.165, 1.54) is 12.8 Å². The molecule has 0 aliphatic carbocycles. The van der Waals surface area contributed by atoms with Gasteiger partial charge in [-0.1, -0.05) is 0 Å². The highest BCUT2D eigenvalue weighted by Crippen LogP contribution is 2.31. The number of benzene rings is 1. The molecule has 0 bridgehead atoms. The van der Waals surface area contributed by atoms with Gasteiger partial charge in [0.15, 0.2) is 0 Å². The summed E-state index contributed by atoms with van der Waals surface area (Å²) in [4.78, 5) is 2.24. The summed E-state index contributed by atoms with van der Waals surface area (Å²) >= 11 is 0. The smallest absolute Gasteiger partial charge is 0.142 e. The molecule has 19 heavy (non-hydrogen) atoms. The van der Waals surface area contributed by atoms with Gasteiger partial charge in [-0.25, -0.2) is 0 Å². The van der Waals surface area contributed by atoms with E-state index in [4.69, 9.17) is 9.47 Å². The van der Waals surface area contributed by atoms with Gasteiger partial charge in [0.1, 0.15) is 11.5 Å². The largest absolute Gasteiger partial charge is 0.497 e. The second kappa shape index (κ2) is 6.66. The van der Waals surface area contributed by atoms with E-state index in [-0.39, 0.29) is 0 Å². The lowest BCUT2D eigenvalue weighted by atomic mass is 10.1. The van der Waals surface area contributed by atoms with E-state index in [9.17, 15) is 0 Å². The van der Waals surface area contributed by atoms with Crippen molar-refractivity contribution >= 4 is 5.69 Å². The lowest BCUT2D eigenvalue weighted by Gasteiger charge is -2.23. The fourth-order valence-electron chi connectivity index (χ4n) is 2.57. The summed E-state index contributed by atoms with van der Waals surface area (Å²) < 4.78 is 10.7. The minimum absolute atomic E-state index is 0.666. The molecule has 1 atom stereocenters. The molecule has 1 aromatic rings. The van der Waals surface area contributed by atoms with Gasteiger partial charge in [0, 0.05) is 25.7 Å². The predicted octanol–water partition coefficient (Wildman–Crippen LogP) is 2.28. The van der Waals surface area contributed by atoms with Gasteiger partial charge in [0.2, 0.25) is 0 Å². The Hall–Kier alpha value is -1.42. The Kier molecular flexibility index (Phi) is 4.91. The average molecular weight is 264 g/mol. The Labute approximate surface area is 115 Å². The van der Waals surface area contributed by atoms with Crippen molar-refractivity contribution in [2.45, 2.75) is 25.3 Å². The van der Waals surface area contributed by atoms with Crippen molar-refractivity contribution < 1.29 is 9.47 Å². The molecule has 0 aromatic heterocycles. The van der Waals surface area contributed by atoms with Crippen molar-refractivity contribution in [1.29, 1.82) is 0 Å². The molecule has 0 radical (unpaired) electrons. The van der Waals surface area contributed by atoms with Crippen LogP contribution in [-0.2, 0) is 0 Å². The van der Waals surface area contributed by atoms with Gasteiger partial charge in [-0.05, 0) is 37.9 Å². The molecule has 1 N–H and O–H groups in total. The van der Waals surface area contributed by atoms with Gasteiger partial charge in [0.25, 0.3) is 0 Å². The molecule has 0 spiro atoms. The molecule has 106 valence electrons. The summed E-state index contributed by atoms with van der Waals surface area (Å²) in [6.45, 7) is 2.18. The van der Waals surface area contributed by atoms with Gasteiger partial charge in [0.05, 0.1) is 19.9 Å². The zero-order chi connectivity index (χ0) is 13.7. The minimum atomic E-state index is 0.666. The third kappa shape index (κ3) is 3.53. The molecule has 4 heteroatoms. The molecule has 0 saturated carbocycles. The summed E-state index contributed by atoms with van der Waals surface area (Å²) in [6, 6.07) is 6.58. The van der Waals surface area contributed by atoms with E-state index in [1.54, 1.807) is 14.2 Å². The maximum absolute atomic E-state index is 5.42. The quantitative estimate of drug-likeness (QED) is 0.854. The van der Waals surface area contributed by atoms with Gasteiger partial charge < -0.3 is 19.7 Å². The first-order valence-corrected chi connectivity index (χ1v) is 6.91. The summed E-state index contributed by atoms with van der Waals surface area (Å²) in [5.41, 5.74) is 1.08. The second-order valence-electron chi connectivity index (χ2n) is 5.04. The summed E-state index contributed by atoms with van der Waals surface area (Å²) in [5.74, 6) is 1.75. The molecule has 1 fully saturated rings. The fourth-order valence-corrected chi connectivity index (χ4v) is 2.57. The Balaban J connectivity index is 2.01. The molecular weight excluding hydrogens is 240 g/mol. The zero-order valence-corrected chi connectivity index (χ0v) is 12.1. The van der Waals surface area contributed by atoms with Crippen LogP contribution >= 0.6 is 0 Å². The molecule has 0 amide bonds. The van der Waals surface area contributed by atoms with Crippen molar-refractivity contribution in [3.05, 3.63) is 18.2 Å². The molecule has 1 saturated heterocycles. The molecule has 1 unspecified atom stereocenters. The molecule has 1 heterocycles. The van der Waals surface area contributed by atoms with Gasteiger partial charge in [-0.2, -0.15) is 0 Å². The molecular formula is C15H24N2O2. The topological polar surface area (TPSA) is 33.7 Å². The third-order valence-corrected chi connectivity index (χ3v) is 3.77. The standard InChI is InChI=1S/C15H24N2O2/c1-17(10-8-12-5-4-9-16-12)14-11-13(18-2)6-7-15(14)19-3/h6-7,11-12,16H,4-5,8-10H2,1-3H3. The summed E-state index contributed by atoms with van der Waals surface area (Å²) in [7, 11) is 5.50. The van der Waals surface area contributed by atoms with Crippen molar-refractivity contribution in [3.63, 3.8) is 0 Å². The highest BCUT2D eigenvalue weighted by atomic mass is 16.5. The van der Waals surface area contributed by atoms with Crippen LogP contribution in [-0.4, -0.2) is 40.4 Å². The number of methoxy groups -OCH3 is 2. The first-order chi connectivity index (χ1) is 9.24. The zero-order valence-electron chi connectivity index (χ0n) is 12.1. The summed E-state index contributed by atoms with van der Waals surface area (Å²) in [6.07, 6.45) is 3.76. The van der Waals surface area contributed by atoms with Crippen molar-refractivity contribution in [1.82, 2.24) is 5.32 Å².